The Morgan fingerprint density at radius 1 is 0.966 bits per heavy atom. The van der Waals surface area contributed by atoms with Crippen LogP contribution in [0.15, 0.2) is 77.9 Å². The Hall–Kier alpha value is -3.68. The Bertz CT molecular complexity index is 1230. The standard InChI is InChI=1S/C21H15F3N4O/c1-27-20(14-6-3-2-4-7-14)17(13-25-27)19-18(29)10-11-28(26-19)16-9-5-8-15(12-16)21(22,23)24/h2-13H,1H3. The van der Waals surface area contributed by atoms with Gasteiger partial charge in [0, 0.05) is 24.9 Å². The van der Waals surface area contributed by atoms with Crippen LogP contribution in [-0.4, -0.2) is 19.6 Å². The summed E-state index contributed by atoms with van der Waals surface area (Å²) in [6.07, 6.45) is -1.59. The van der Waals surface area contributed by atoms with Crippen molar-refractivity contribution in [2.75, 3.05) is 0 Å². The summed E-state index contributed by atoms with van der Waals surface area (Å²) in [6, 6.07) is 15.4. The van der Waals surface area contributed by atoms with Crippen molar-refractivity contribution in [3.63, 3.8) is 0 Å². The zero-order valence-corrected chi connectivity index (χ0v) is 15.3. The first-order valence-corrected chi connectivity index (χ1v) is 8.70. The van der Waals surface area contributed by atoms with Gasteiger partial charge >= 0.3 is 6.18 Å². The molecule has 146 valence electrons. The number of benzene rings is 2. The summed E-state index contributed by atoms with van der Waals surface area (Å²) in [5.41, 5.74) is 1.21. The molecule has 0 saturated heterocycles. The van der Waals surface area contributed by atoms with E-state index in [1.165, 1.54) is 35.3 Å². The predicted octanol–water partition coefficient (Wildman–Crippen LogP) is 4.32. The summed E-state index contributed by atoms with van der Waals surface area (Å²) in [5, 5.41) is 8.56. The minimum absolute atomic E-state index is 0.108. The highest BCUT2D eigenvalue weighted by atomic mass is 19.4. The van der Waals surface area contributed by atoms with E-state index in [9.17, 15) is 18.0 Å². The minimum Gasteiger partial charge on any atom is -0.287 e. The van der Waals surface area contributed by atoms with Crippen LogP contribution in [0.2, 0.25) is 0 Å². The second-order valence-electron chi connectivity index (χ2n) is 6.42. The van der Waals surface area contributed by atoms with Gasteiger partial charge in [-0.05, 0) is 18.2 Å². The van der Waals surface area contributed by atoms with E-state index in [1.807, 2.05) is 30.3 Å². The molecule has 0 fully saturated rings. The van der Waals surface area contributed by atoms with Crippen LogP contribution in [-0.2, 0) is 13.2 Å². The van der Waals surface area contributed by atoms with Crippen LogP contribution in [0.4, 0.5) is 13.2 Å². The molecule has 29 heavy (non-hydrogen) atoms. The van der Waals surface area contributed by atoms with E-state index < -0.39 is 11.7 Å². The average molecular weight is 396 g/mol. The molecule has 4 rings (SSSR count). The summed E-state index contributed by atoms with van der Waals surface area (Å²) < 4.78 is 42.0. The number of alkyl halides is 3. The SMILES string of the molecule is Cn1ncc(-c2nn(-c3cccc(C(F)(F)F)c3)ccc2=O)c1-c1ccccc1. The first kappa shape index (κ1) is 18.7. The largest absolute Gasteiger partial charge is 0.416 e. The van der Waals surface area contributed by atoms with E-state index in [0.717, 1.165) is 17.7 Å². The van der Waals surface area contributed by atoms with Crippen molar-refractivity contribution in [2.24, 2.45) is 7.05 Å². The molecule has 0 unspecified atom stereocenters. The number of aryl methyl sites for hydroxylation is 1. The molecule has 2 aromatic heterocycles. The molecule has 0 radical (unpaired) electrons. The van der Waals surface area contributed by atoms with Gasteiger partial charge in [0.25, 0.3) is 0 Å². The van der Waals surface area contributed by atoms with Crippen molar-refractivity contribution >= 4 is 0 Å². The first-order chi connectivity index (χ1) is 13.8. The maximum absolute atomic E-state index is 13.0. The highest BCUT2D eigenvalue weighted by molar-refractivity contribution is 5.78. The van der Waals surface area contributed by atoms with Gasteiger partial charge in [-0.15, -0.1) is 0 Å². The Kier molecular flexibility index (Phi) is 4.54. The summed E-state index contributed by atoms with van der Waals surface area (Å²) >= 11 is 0. The Labute approximate surface area is 163 Å². The highest BCUT2D eigenvalue weighted by Gasteiger charge is 2.30. The van der Waals surface area contributed by atoms with E-state index >= 15 is 0 Å². The number of aromatic nitrogens is 4. The van der Waals surface area contributed by atoms with E-state index in [-0.39, 0.29) is 16.8 Å². The molecular weight excluding hydrogens is 381 g/mol. The van der Waals surface area contributed by atoms with Crippen LogP contribution in [0.1, 0.15) is 5.56 Å². The topological polar surface area (TPSA) is 52.7 Å². The molecule has 2 heterocycles. The second-order valence-corrected chi connectivity index (χ2v) is 6.42. The van der Waals surface area contributed by atoms with Crippen LogP contribution in [0, 0.1) is 0 Å². The van der Waals surface area contributed by atoms with Gasteiger partial charge in [0.05, 0.1) is 28.7 Å². The number of nitrogens with zero attached hydrogens (tertiary/aromatic N) is 4. The van der Waals surface area contributed by atoms with Crippen LogP contribution in [0.3, 0.4) is 0 Å². The van der Waals surface area contributed by atoms with E-state index in [4.69, 9.17) is 0 Å². The van der Waals surface area contributed by atoms with E-state index in [2.05, 4.69) is 10.2 Å². The molecule has 0 aliphatic carbocycles. The van der Waals surface area contributed by atoms with Gasteiger partial charge in [-0.25, -0.2) is 4.68 Å². The molecule has 2 aromatic carbocycles. The van der Waals surface area contributed by atoms with Crippen molar-refractivity contribution < 1.29 is 13.2 Å². The normalized spacial score (nSPS) is 11.6. The monoisotopic (exact) mass is 396 g/mol. The third-order valence-corrected chi connectivity index (χ3v) is 4.49. The quantitative estimate of drug-likeness (QED) is 0.518. The molecule has 8 heteroatoms. The number of hydrogen-bond donors (Lipinski definition) is 0. The Balaban J connectivity index is 1.86. The molecule has 0 bridgehead atoms. The van der Waals surface area contributed by atoms with Crippen molar-refractivity contribution in [3.8, 4) is 28.2 Å². The third kappa shape index (κ3) is 3.56. The molecule has 0 aliphatic heterocycles. The van der Waals surface area contributed by atoms with Gasteiger partial charge in [-0.3, -0.25) is 9.48 Å². The maximum atomic E-state index is 13.0. The predicted molar refractivity (Wildman–Crippen MR) is 102 cm³/mol. The van der Waals surface area contributed by atoms with Gasteiger partial charge in [0.1, 0.15) is 5.69 Å². The lowest BCUT2D eigenvalue weighted by molar-refractivity contribution is -0.137. The number of hydrogen-bond acceptors (Lipinski definition) is 3. The molecule has 0 N–H and O–H groups in total. The lowest BCUT2D eigenvalue weighted by Crippen LogP contribution is -2.13. The van der Waals surface area contributed by atoms with Gasteiger partial charge < -0.3 is 0 Å². The van der Waals surface area contributed by atoms with Gasteiger partial charge in [0.15, 0.2) is 0 Å². The number of rotatable bonds is 3. The van der Waals surface area contributed by atoms with Crippen molar-refractivity contribution in [1.29, 1.82) is 0 Å². The van der Waals surface area contributed by atoms with Gasteiger partial charge in [-0.2, -0.15) is 23.4 Å². The fourth-order valence-corrected chi connectivity index (χ4v) is 3.11. The lowest BCUT2D eigenvalue weighted by Gasteiger charge is -2.11. The summed E-state index contributed by atoms with van der Waals surface area (Å²) in [6.45, 7) is 0. The van der Waals surface area contributed by atoms with Crippen LogP contribution in [0.5, 0.6) is 0 Å². The molecule has 5 nitrogen and oxygen atoms in total. The fourth-order valence-electron chi connectivity index (χ4n) is 3.11. The first-order valence-electron chi connectivity index (χ1n) is 8.70. The van der Waals surface area contributed by atoms with Crippen molar-refractivity contribution in [2.45, 2.75) is 6.18 Å². The second kappa shape index (κ2) is 7.05. The number of halogens is 3. The van der Waals surface area contributed by atoms with E-state index in [1.54, 1.807) is 11.7 Å². The highest BCUT2D eigenvalue weighted by Crippen LogP contribution is 2.31. The molecule has 0 aliphatic rings. The summed E-state index contributed by atoms with van der Waals surface area (Å²) in [7, 11) is 1.75. The van der Waals surface area contributed by atoms with Crippen molar-refractivity contribution in [3.05, 3.63) is 88.8 Å². The molecule has 0 spiro atoms. The minimum atomic E-state index is -4.47. The van der Waals surface area contributed by atoms with E-state index in [0.29, 0.717) is 11.3 Å². The molecule has 0 amide bonds. The van der Waals surface area contributed by atoms with Crippen LogP contribution < -0.4 is 5.43 Å². The van der Waals surface area contributed by atoms with Gasteiger partial charge in [-0.1, -0.05) is 36.4 Å². The molecule has 0 atom stereocenters. The zero-order chi connectivity index (χ0) is 20.6. The Morgan fingerprint density at radius 2 is 1.72 bits per heavy atom. The molecule has 0 saturated carbocycles. The van der Waals surface area contributed by atoms with Crippen molar-refractivity contribution in [1.82, 2.24) is 19.6 Å². The molecular formula is C21H15F3N4O. The average Bonchev–Trinajstić information content (AvgIpc) is 3.09. The smallest absolute Gasteiger partial charge is 0.287 e. The molecule has 4 aromatic rings. The summed E-state index contributed by atoms with van der Waals surface area (Å²) in [4.78, 5) is 12.5. The van der Waals surface area contributed by atoms with Crippen LogP contribution >= 0.6 is 0 Å². The third-order valence-electron chi connectivity index (χ3n) is 4.49. The summed E-state index contributed by atoms with van der Waals surface area (Å²) in [5.74, 6) is 0. The zero-order valence-electron chi connectivity index (χ0n) is 15.3. The lowest BCUT2D eigenvalue weighted by atomic mass is 10.1. The fraction of sp³-hybridized carbons (Fsp3) is 0.0952. The maximum Gasteiger partial charge on any atom is 0.416 e. The Morgan fingerprint density at radius 3 is 2.45 bits per heavy atom. The van der Waals surface area contributed by atoms with Gasteiger partial charge in [0.2, 0.25) is 5.43 Å². The van der Waals surface area contributed by atoms with Crippen LogP contribution in [0.25, 0.3) is 28.2 Å².